The standard InChI is InChI=1S/C25H30N2O4/c1-15-8-9-22(16(2)12-15)27-17(3)13-20(18(27)4)14-21-23(25(29)31-7)19(5)26(24(21)28)10-11-30-6/h8-9,12-14H,10-11H2,1-7H3. The summed E-state index contributed by atoms with van der Waals surface area (Å²) in [5.41, 5.74) is 7.68. The minimum absolute atomic E-state index is 0.216. The number of allylic oxidation sites excluding steroid dienone is 1. The number of hydrogen-bond acceptors (Lipinski definition) is 4. The summed E-state index contributed by atoms with van der Waals surface area (Å²) in [6.45, 7) is 10.8. The molecular weight excluding hydrogens is 392 g/mol. The smallest absolute Gasteiger partial charge is 0.340 e. The van der Waals surface area contributed by atoms with Gasteiger partial charge in [0, 0.05) is 36.4 Å². The van der Waals surface area contributed by atoms with Crippen LogP contribution in [0.5, 0.6) is 0 Å². The molecule has 0 saturated carbocycles. The van der Waals surface area contributed by atoms with Crippen molar-refractivity contribution in [3.8, 4) is 5.69 Å². The third-order valence-electron chi connectivity index (χ3n) is 5.78. The summed E-state index contributed by atoms with van der Waals surface area (Å²) in [7, 11) is 2.91. The molecule has 0 fully saturated rings. The van der Waals surface area contributed by atoms with E-state index in [2.05, 4.69) is 36.6 Å². The van der Waals surface area contributed by atoms with Crippen molar-refractivity contribution in [1.82, 2.24) is 9.47 Å². The highest BCUT2D eigenvalue weighted by atomic mass is 16.5. The van der Waals surface area contributed by atoms with Crippen molar-refractivity contribution < 1.29 is 19.1 Å². The third-order valence-corrected chi connectivity index (χ3v) is 5.78. The molecule has 164 valence electrons. The van der Waals surface area contributed by atoms with Crippen molar-refractivity contribution in [2.24, 2.45) is 0 Å². The number of carbonyl (C=O) groups excluding carboxylic acids is 2. The van der Waals surface area contributed by atoms with E-state index in [0.29, 0.717) is 30.0 Å². The Kier molecular flexibility index (Phi) is 6.51. The number of aromatic nitrogens is 1. The van der Waals surface area contributed by atoms with Crippen molar-refractivity contribution in [3.05, 3.63) is 69.2 Å². The number of ether oxygens (including phenoxy) is 2. The molecule has 1 aromatic heterocycles. The zero-order chi connectivity index (χ0) is 22.9. The summed E-state index contributed by atoms with van der Waals surface area (Å²) < 4.78 is 12.3. The van der Waals surface area contributed by atoms with Gasteiger partial charge in [-0.3, -0.25) is 4.79 Å². The van der Waals surface area contributed by atoms with E-state index in [9.17, 15) is 9.59 Å². The fourth-order valence-electron chi connectivity index (χ4n) is 4.20. The van der Waals surface area contributed by atoms with Crippen LogP contribution in [0.2, 0.25) is 0 Å². The highest BCUT2D eigenvalue weighted by molar-refractivity contribution is 6.16. The molecule has 0 aliphatic carbocycles. The Bertz CT molecular complexity index is 1100. The van der Waals surface area contributed by atoms with Crippen LogP contribution in [0.25, 0.3) is 11.8 Å². The molecule has 0 saturated heterocycles. The molecule has 0 bridgehead atoms. The van der Waals surface area contributed by atoms with Crippen LogP contribution in [-0.2, 0) is 19.1 Å². The topological polar surface area (TPSA) is 60.8 Å². The van der Waals surface area contributed by atoms with Gasteiger partial charge in [0.2, 0.25) is 0 Å². The summed E-state index contributed by atoms with van der Waals surface area (Å²) in [5.74, 6) is -0.730. The normalized spacial score (nSPS) is 15.4. The number of amides is 1. The highest BCUT2D eigenvalue weighted by Crippen LogP contribution is 2.33. The molecule has 1 aliphatic rings. The quantitative estimate of drug-likeness (QED) is 0.521. The summed E-state index contributed by atoms with van der Waals surface area (Å²) in [6, 6.07) is 8.40. The Labute approximate surface area is 183 Å². The first kappa shape index (κ1) is 22.6. The molecule has 0 spiro atoms. The van der Waals surface area contributed by atoms with E-state index >= 15 is 0 Å². The lowest BCUT2D eigenvalue weighted by Gasteiger charge is -2.16. The van der Waals surface area contributed by atoms with Crippen LogP contribution >= 0.6 is 0 Å². The highest BCUT2D eigenvalue weighted by Gasteiger charge is 2.37. The summed E-state index contributed by atoms with van der Waals surface area (Å²) in [4.78, 5) is 27.3. The van der Waals surface area contributed by atoms with E-state index in [1.807, 2.05) is 19.9 Å². The summed E-state index contributed by atoms with van der Waals surface area (Å²) in [5, 5.41) is 0. The minimum Gasteiger partial charge on any atom is -0.465 e. The second kappa shape index (κ2) is 8.94. The summed E-state index contributed by atoms with van der Waals surface area (Å²) >= 11 is 0. The van der Waals surface area contributed by atoms with Crippen LogP contribution in [-0.4, -0.2) is 48.7 Å². The van der Waals surface area contributed by atoms with Crippen molar-refractivity contribution in [1.29, 1.82) is 0 Å². The van der Waals surface area contributed by atoms with Gasteiger partial charge < -0.3 is 18.9 Å². The van der Waals surface area contributed by atoms with Crippen molar-refractivity contribution in [2.75, 3.05) is 27.4 Å². The van der Waals surface area contributed by atoms with Gasteiger partial charge in [0.15, 0.2) is 0 Å². The maximum atomic E-state index is 13.2. The lowest BCUT2D eigenvalue weighted by atomic mass is 10.0. The number of aryl methyl sites for hydroxylation is 3. The fourth-order valence-corrected chi connectivity index (χ4v) is 4.20. The molecule has 0 radical (unpaired) electrons. The molecule has 6 nitrogen and oxygen atoms in total. The Balaban J connectivity index is 2.12. The lowest BCUT2D eigenvalue weighted by molar-refractivity contribution is -0.136. The number of benzene rings is 1. The first-order chi connectivity index (χ1) is 14.7. The van der Waals surface area contributed by atoms with Gasteiger partial charge >= 0.3 is 5.97 Å². The predicted octanol–water partition coefficient (Wildman–Crippen LogP) is 4.03. The first-order valence-corrected chi connectivity index (χ1v) is 10.3. The SMILES string of the molecule is COCCN1C(=O)C(=Cc2cc(C)n(-c3ccc(C)cc3C)c2C)C(C(=O)OC)=C1C. The molecule has 1 amide bonds. The van der Waals surface area contributed by atoms with Crippen molar-refractivity contribution in [2.45, 2.75) is 34.6 Å². The predicted molar refractivity (Wildman–Crippen MR) is 121 cm³/mol. The maximum Gasteiger partial charge on any atom is 0.340 e. The van der Waals surface area contributed by atoms with Gasteiger partial charge in [-0.15, -0.1) is 0 Å². The second-order valence-electron chi connectivity index (χ2n) is 7.91. The lowest BCUT2D eigenvalue weighted by Crippen LogP contribution is -2.28. The van der Waals surface area contributed by atoms with E-state index in [1.165, 1.54) is 18.2 Å². The van der Waals surface area contributed by atoms with Gasteiger partial charge in [-0.1, -0.05) is 17.7 Å². The summed E-state index contributed by atoms with van der Waals surface area (Å²) in [6.07, 6.45) is 1.80. The molecule has 1 aliphatic heterocycles. The zero-order valence-electron chi connectivity index (χ0n) is 19.3. The molecule has 1 aromatic carbocycles. The Hall–Kier alpha value is -3.12. The average Bonchev–Trinajstić information content (AvgIpc) is 3.13. The van der Waals surface area contributed by atoms with Crippen LogP contribution < -0.4 is 0 Å². The number of carbonyl (C=O) groups is 2. The van der Waals surface area contributed by atoms with E-state index in [-0.39, 0.29) is 5.91 Å². The van der Waals surface area contributed by atoms with Crippen molar-refractivity contribution >= 4 is 18.0 Å². The second-order valence-corrected chi connectivity index (χ2v) is 7.91. The van der Waals surface area contributed by atoms with E-state index in [1.54, 1.807) is 25.0 Å². The molecule has 31 heavy (non-hydrogen) atoms. The van der Waals surface area contributed by atoms with Crippen LogP contribution in [0.1, 0.15) is 35.0 Å². The number of esters is 1. The molecule has 6 heteroatoms. The number of rotatable bonds is 6. The molecule has 0 unspecified atom stereocenters. The number of methoxy groups -OCH3 is 2. The van der Waals surface area contributed by atoms with Crippen LogP contribution in [0.4, 0.5) is 0 Å². The van der Waals surface area contributed by atoms with Crippen LogP contribution in [0.15, 0.2) is 41.1 Å². The van der Waals surface area contributed by atoms with Crippen LogP contribution in [0, 0.1) is 27.7 Å². The van der Waals surface area contributed by atoms with E-state index in [0.717, 1.165) is 22.6 Å². The van der Waals surface area contributed by atoms with Gasteiger partial charge in [0.1, 0.15) is 0 Å². The van der Waals surface area contributed by atoms with Gasteiger partial charge in [-0.05, 0) is 64.0 Å². The Morgan fingerprint density at radius 2 is 1.77 bits per heavy atom. The average molecular weight is 423 g/mol. The maximum absolute atomic E-state index is 13.2. The Morgan fingerprint density at radius 3 is 2.39 bits per heavy atom. The molecule has 2 aromatic rings. The number of nitrogens with zero attached hydrogens (tertiary/aromatic N) is 2. The molecule has 2 heterocycles. The van der Waals surface area contributed by atoms with Gasteiger partial charge in [-0.25, -0.2) is 4.79 Å². The fraction of sp³-hybridized carbons (Fsp3) is 0.360. The largest absolute Gasteiger partial charge is 0.465 e. The molecule has 3 rings (SSSR count). The third kappa shape index (κ3) is 4.08. The molecule has 0 atom stereocenters. The zero-order valence-corrected chi connectivity index (χ0v) is 19.3. The molecule has 0 N–H and O–H groups in total. The van der Waals surface area contributed by atoms with Gasteiger partial charge in [0.25, 0.3) is 5.91 Å². The van der Waals surface area contributed by atoms with Crippen molar-refractivity contribution in [3.63, 3.8) is 0 Å². The first-order valence-electron chi connectivity index (χ1n) is 10.3. The van der Waals surface area contributed by atoms with E-state index < -0.39 is 5.97 Å². The van der Waals surface area contributed by atoms with Gasteiger partial charge in [-0.2, -0.15) is 0 Å². The van der Waals surface area contributed by atoms with Crippen LogP contribution in [0.3, 0.4) is 0 Å². The van der Waals surface area contributed by atoms with E-state index in [4.69, 9.17) is 9.47 Å². The minimum atomic E-state index is -0.514. The molecular formula is C25H30N2O4. The number of hydrogen-bond donors (Lipinski definition) is 0. The Morgan fingerprint density at radius 1 is 1.06 bits per heavy atom. The van der Waals surface area contributed by atoms with Gasteiger partial charge in [0.05, 0.1) is 24.9 Å². The monoisotopic (exact) mass is 422 g/mol.